The Morgan fingerprint density at radius 3 is 1.82 bits per heavy atom. The third kappa shape index (κ3) is 2.14. The maximum Gasteiger partial charge on any atom is 0.207 e. The van der Waals surface area contributed by atoms with Gasteiger partial charge >= 0.3 is 0 Å². The fraction of sp³-hybridized carbons (Fsp3) is 1.00. The Labute approximate surface area is 112 Å². The van der Waals surface area contributed by atoms with Crippen LogP contribution in [0.25, 0.3) is 0 Å². The number of rotatable bonds is 2. The lowest BCUT2D eigenvalue weighted by Gasteiger charge is -2.60. The molecular formula is C10H19BrN4O2. The van der Waals surface area contributed by atoms with Gasteiger partial charge in [0.15, 0.2) is 0 Å². The number of nitrogens with zero attached hydrogens (tertiary/aromatic N) is 4. The highest BCUT2D eigenvalue weighted by Crippen LogP contribution is 2.29. The number of ether oxygens (including phenoxy) is 2. The Hall–Kier alpha value is 0.240. The minimum absolute atomic E-state index is 0. The van der Waals surface area contributed by atoms with E-state index in [9.17, 15) is 0 Å². The number of hydrogen-bond donors (Lipinski definition) is 0. The van der Waals surface area contributed by atoms with Crippen molar-refractivity contribution in [1.29, 1.82) is 0 Å². The number of halogens is 1. The molecule has 5 rings (SSSR count). The zero-order chi connectivity index (χ0) is 10.6. The summed E-state index contributed by atoms with van der Waals surface area (Å²) in [5.41, 5.74) is 0. The summed E-state index contributed by atoms with van der Waals surface area (Å²) in [5.74, 6) is 0. The third-order valence-electron chi connectivity index (χ3n) is 3.93. The Morgan fingerprint density at radius 2 is 1.35 bits per heavy atom. The molecule has 0 spiro atoms. The molecule has 98 valence electrons. The first kappa shape index (κ1) is 12.3. The van der Waals surface area contributed by atoms with E-state index >= 15 is 0 Å². The van der Waals surface area contributed by atoms with E-state index in [0.29, 0.717) is 0 Å². The van der Waals surface area contributed by atoms with E-state index in [1.807, 2.05) is 0 Å². The summed E-state index contributed by atoms with van der Waals surface area (Å²) in [6, 6.07) is 0. The second-order valence-electron chi connectivity index (χ2n) is 5.56. The minimum atomic E-state index is 0. The van der Waals surface area contributed by atoms with E-state index in [4.69, 9.17) is 9.47 Å². The van der Waals surface area contributed by atoms with Crippen molar-refractivity contribution < 1.29 is 30.9 Å². The summed E-state index contributed by atoms with van der Waals surface area (Å²) in [6.07, 6.45) is 0.0276. The number of hydrogen-bond acceptors (Lipinski definition) is 5. The Balaban J connectivity index is 0.000000902. The monoisotopic (exact) mass is 306 g/mol. The van der Waals surface area contributed by atoms with Gasteiger partial charge in [-0.2, -0.15) is 0 Å². The van der Waals surface area contributed by atoms with Crippen molar-refractivity contribution in [3.05, 3.63) is 0 Å². The smallest absolute Gasteiger partial charge is 0.207 e. The summed E-state index contributed by atoms with van der Waals surface area (Å²) < 4.78 is 12.3. The van der Waals surface area contributed by atoms with Crippen LogP contribution >= 0.6 is 0 Å². The molecule has 17 heavy (non-hydrogen) atoms. The molecule has 0 saturated carbocycles. The van der Waals surface area contributed by atoms with Crippen molar-refractivity contribution in [2.24, 2.45) is 0 Å². The van der Waals surface area contributed by atoms with Crippen LogP contribution in [0.1, 0.15) is 0 Å². The van der Waals surface area contributed by atoms with Gasteiger partial charge in [-0.25, -0.2) is 14.7 Å². The van der Waals surface area contributed by atoms with Gasteiger partial charge in [0.05, 0.1) is 33.2 Å². The fourth-order valence-electron chi connectivity index (χ4n) is 3.66. The van der Waals surface area contributed by atoms with E-state index in [1.54, 1.807) is 0 Å². The van der Waals surface area contributed by atoms with E-state index in [-0.39, 0.29) is 23.3 Å². The van der Waals surface area contributed by atoms with Gasteiger partial charge in [0.1, 0.15) is 26.6 Å². The summed E-state index contributed by atoms with van der Waals surface area (Å²) in [5, 5.41) is 0. The molecule has 0 amide bonds. The molecule has 5 aliphatic rings. The van der Waals surface area contributed by atoms with Crippen LogP contribution in [-0.4, -0.2) is 85.2 Å². The third-order valence-corrected chi connectivity index (χ3v) is 3.93. The SMILES string of the molecule is C1COC(C[N+]23CN4CN(CN(C4)C2)C3)O1.[Br-]. The average Bonchev–Trinajstić information content (AvgIpc) is 2.66. The van der Waals surface area contributed by atoms with Crippen LogP contribution in [0.3, 0.4) is 0 Å². The molecule has 0 aliphatic carbocycles. The fourth-order valence-corrected chi connectivity index (χ4v) is 3.66. The molecule has 0 aromatic rings. The molecule has 5 fully saturated rings. The molecule has 5 heterocycles. The van der Waals surface area contributed by atoms with Crippen molar-refractivity contribution in [1.82, 2.24) is 14.7 Å². The van der Waals surface area contributed by atoms with Gasteiger partial charge in [0, 0.05) is 0 Å². The van der Waals surface area contributed by atoms with Crippen LogP contribution in [0, 0.1) is 0 Å². The van der Waals surface area contributed by atoms with Gasteiger partial charge in [0.25, 0.3) is 0 Å². The molecule has 6 nitrogen and oxygen atoms in total. The van der Waals surface area contributed by atoms with Crippen molar-refractivity contribution >= 4 is 0 Å². The quantitative estimate of drug-likeness (QED) is 0.483. The largest absolute Gasteiger partial charge is 1.00 e. The first-order valence-electron chi connectivity index (χ1n) is 6.07. The summed E-state index contributed by atoms with van der Waals surface area (Å²) >= 11 is 0. The first-order chi connectivity index (χ1) is 7.81. The zero-order valence-corrected chi connectivity index (χ0v) is 11.5. The van der Waals surface area contributed by atoms with E-state index in [0.717, 1.165) is 64.3 Å². The Kier molecular flexibility index (Phi) is 3.19. The highest BCUT2D eigenvalue weighted by molar-refractivity contribution is 4.74. The predicted octanol–water partition coefficient (Wildman–Crippen LogP) is -4.13. The van der Waals surface area contributed by atoms with E-state index in [1.165, 1.54) is 0 Å². The number of quaternary nitrogens is 1. The maximum atomic E-state index is 5.60. The van der Waals surface area contributed by atoms with Crippen molar-refractivity contribution in [3.8, 4) is 0 Å². The van der Waals surface area contributed by atoms with E-state index < -0.39 is 0 Å². The maximum absolute atomic E-state index is 5.60. The summed E-state index contributed by atoms with van der Waals surface area (Å²) in [4.78, 5) is 7.56. The summed E-state index contributed by atoms with van der Waals surface area (Å²) in [6.45, 7) is 9.45. The second-order valence-corrected chi connectivity index (χ2v) is 5.56. The standard InChI is InChI=1S/C10H19N4O2.BrH/c1-2-16-10(15-1)3-14-7-11-4-12(8-14)6-13(5-11)9-14;/h10H,1-9H2;1H/q+1;/p-1. The van der Waals surface area contributed by atoms with Gasteiger partial charge in [-0.05, 0) is 0 Å². The molecule has 0 radical (unpaired) electrons. The Bertz CT molecular complexity index is 263. The van der Waals surface area contributed by atoms with Gasteiger partial charge in [-0.1, -0.05) is 0 Å². The second kappa shape index (κ2) is 4.41. The minimum Gasteiger partial charge on any atom is -1.00 e. The molecular weight excluding hydrogens is 288 g/mol. The van der Waals surface area contributed by atoms with Crippen molar-refractivity contribution in [2.45, 2.75) is 6.29 Å². The van der Waals surface area contributed by atoms with Crippen molar-refractivity contribution in [3.63, 3.8) is 0 Å². The molecule has 0 atom stereocenters. The Morgan fingerprint density at radius 1 is 0.882 bits per heavy atom. The zero-order valence-electron chi connectivity index (χ0n) is 9.92. The van der Waals surface area contributed by atoms with Gasteiger partial charge in [-0.15, -0.1) is 0 Å². The van der Waals surface area contributed by atoms with Gasteiger partial charge in [-0.3, -0.25) is 4.48 Å². The lowest BCUT2D eigenvalue weighted by molar-refractivity contribution is -0.983. The highest BCUT2D eigenvalue weighted by Gasteiger charge is 2.49. The molecule has 4 bridgehead atoms. The molecule has 0 unspecified atom stereocenters. The molecule has 0 N–H and O–H groups in total. The van der Waals surface area contributed by atoms with Crippen LogP contribution in [0.2, 0.25) is 0 Å². The molecule has 7 heteroatoms. The van der Waals surface area contributed by atoms with Crippen molar-refractivity contribution in [2.75, 3.05) is 59.8 Å². The molecule has 5 aliphatic heterocycles. The van der Waals surface area contributed by atoms with Crippen LogP contribution < -0.4 is 17.0 Å². The predicted molar refractivity (Wildman–Crippen MR) is 55.5 cm³/mol. The van der Waals surface area contributed by atoms with Gasteiger partial charge < -0.3 is 26.5 Å². The van der Waals surface area contributed by atoms with Crippen LogP contribution in [-0.2, 0) is 9.47 Å². The normalized spacial score (nSPS) is 48.4. The van der Waals surface area contributed by atoms with Crippen LogP contribution in [0.15, 0.2) is 0 Å². The van der Waals surface area contributed by atoms with Crippen LogP contribution in [0.4, 0.5) is 0 Å². The molecule has 0 aromatic heterocycles. The first-order valence-corrected chi connectivity index (χ1v) is 6.07. The summed E-state index contributed by atoms with van der Waals surface area (Å²) in [7, 11) is 0. The highest BCUT2D eigenvalue weighted by atomic mass is 79.9. The van der Waals surface area contributed by atoms with Crippen LogP contribution in [0.5, 0.6) is 0 Å². The molecule has 0 aromatic carbocycles. The lowest BCUT2D eigenvalue weighted by Crippen LogP contribution is -3.00. The lowest BCUT2D eigenvalue weighted by atomic mass is 10.3. The molecule has 5 saturated heterocycles. The van der Waals surface area contributed by atoms with E-state index in [2.05, 4.69) is 14.7 Å². The average molecular weight is 307 g/mol. The van der Waals surface area contributed by atoms with Gasteiger partial charge in [0.2, 0.25) is 6.29 Å². The topological polar surface area (TPSA) is 28.2 Å².